The summed E-state index contributed by atoms with van der Waals surface area (Å²) in [4.78, 5) is 10.2. The molecule has 0 fully saturated rings. The first-order valence-corrected chi connectivity index (χ1v) is 3.79. The SMILES string of the molecule is C=C(C)N(C)c1ncc(C)cn1. The molecule has 1 aromatic heterocycles. The van der Waals surface area contributed by atoms with Gasteiger partial charge in [-0.2, -0.15) is 0 Å². The first-order valence-electron chi connectivity index (χ1n) is 3.79. The van der Waals surface area contributed by atoms with E-state index in [1.807, 2.05) is 25.8 Å². The van der Waals surface area contributed by atoms with Crippen LogP contribution in [0.4, 0.5) is 5.95 Å². The van der Waals surface area contributed by atoms with Crippen LogP contribution in [0.15, 0.2) is 24.7 Å². The van der Waals surface area contributed by atoms with Crippen LogP contribution in [0.25, 0.3) is 0 Å². The van der Waals surface area contributed by atoms with Crippen LogP contribution in [0.5, 0.6) is 0 Å². The van der Waals surface area contributed by atoms with E-state index in [4.69, 9.17) is 0 Å². The van der Waals surface area contributed by atoms with Gasteiger partial charge in [0.2, 0.25) is 5.95 Å². The molecule has 0 saturated carbocycles. The van der Waals surface area contributed by atoms with Crippen LogP contribution in [-0.2, 0) is 0 Å². The summed E-state index contributed by atoms with van der Waals surface area (Å²) in [7, 11) is 1.90. The maximum absolute atomic E-state index is 4.15. The fourth-order valence-electron chi connectivity index (χ4n) is 0.730. The van der Waals surface area contributed by atoms with Gasteiger partial charge in [0.1, 0.15) is 0 Å². The van der Waals surface area contributed by atoms with E-state index in [1.54, 1.807) is 12.4 Å². The lowest BCUT2D eigenvalue weighted by atomic mass is 10.4. The molecule has 3 nitrogen and oxygen atoms in total. The molecule has 3 heteroatoms. The molecule has 1 aromatic rings. The zero-order chi connectivity index (χ0) is 9.14. The minimum atomic E-state index is 0.688. The Balaban J connectivity index is 2.89. The minimum Gasteiger partial charge on any atom is -0.318 e. The molecule has 0 bridgehead atoms. The number of hydrogen-bond acceptors (Lipinski definition) is 3. The Hall–Kier alpha value is -1.38. The van der Waals surface area contributed by atoms with Crippen molar-refractivity contribution < 1.29 is 0 Å². The molecule has 0 spiro atoms. The van der Waals surface area contributed by atoms with Crippen LogP contribution in [0.3, 0.4) is 0 Å². The highest BCUT2D eigenvalue weighted by Gasteiger charge is 2.02. The molecule has 0 aliphatic rings. The van der Waals surface area contributed by atoms with Gasteiger partial charge >= 0.3 is 0 Å². The average molecular weight is 163 g/mol. The van der Waals surface area contributed by atoms with Crippen molar-refractivity contribution in [2.45, 2.75) is 13.8 Å². The third-order valence-corrected chi connectivity index (χ3v) is 1.64. The normalized spacial score (nSPS) is 9.58. The van der Waals surface area contributed by atoms with E-state index < -0.39 is 0 Å². The molecule has 0 atom stereocenters. The van der Waals surface area contributed by atoms with Gasteiger partial charge in [0, 0.05) is 25.1 Å². The summed E-state index contributed by atoms with van der Waals surface area (Å²) in [5.41, 5.74) is 1.99. The van der Waals surface area contributed by atoms with E-state index in [1.165, 1.54) is 0 Å². The largest absolute Gasteiger partial charge is 0.318 e. The van der Waals surface area contributed by atoms with Crippen LogP contribution in [0.2, 0.25) is 0 Å². The monoisotopic (exact) mass is 163 g/mol. The van der Waals surface area contributed by atoms with Crippen LogP contribution in [-0.4, -0.2) is 17.0 Å². The van der Waals surface area contributed by atoms with Crippen molar-refractivity contribution in [1.29, 1.82) is 0 Å². The molecule has 0 saturated heterocycles. The number of rotatable bonds is 2. The summed E-state index contributed by atoms with van der Waals surface area (Å²) in [6.07, 6.45) is 3.59. The van der Waals surface area contributed by atoms with Crippen LogP contribution in [0, 0.1) is 6.92 Å². The second-order valence-corrected chi connectivity index (χ2v) is 2.85. The van der Waals surface area contributed by atoms with Crippen LogP contribution >= 0.6 is 0 Å². The van der Waals surface area contributed by atoms with Crippen molar-refractivity contribution in [3.8, 4) is 0 Å². The maximum atomic E-state index is 4.15. The topological polar surface area (TPSA) is 29.0 Å². The van der Waals surface area contributed by atoms with Gasteiger partial charge in [-0.25, -0.2) is 9.97 Å². The Bertz CT molecular complexity index is 276. The molecule has 12 heavy (non-hydrogen) atoms. The van der Waals surface area contributed by atoms with E-state index >= 15 is 0 Å². The van der Waals surface area contributed by atoms with E-state index in [0.717, 1.165) is 11.3 Å². The van der Waals surface area contributed by atoms with Crippen molar-refractivity contribution in [1.82, 2.24) is 9.97 Å². The summed E-state index contributed by atoms with van der Waals surface area (Å²) < 4.78 is 0. The predicted octanol–water partition coefficient (Wildman–Crippen LogP) is 1.75. The Labute approximate surface area is 72.8 Å². The van der Waals surface area contributed by atoms with Crippen LogP contribution in [0.1, 0.15) is 12.5 Å². The van der Waals surface area contributed by atoms with Gasteiger partial charge in [0.25, 0.3) is 0 Å². The number of aryl methyl sites for hydroxylation is 1. The van der Waals surface area contributed by atoms with E-state index in [-0.39, 0.29) is 0 Å². The molecule has 64 valence electrons. The summed E-state index contributed by atoms with van der Waals surface area (Å²) in [6, 6.07) is 0. The number of aromatic nitrogens is 2. The van der Waals surface area contributed by atoms with Crippen LogP contribution < -0.4 is 4.90 Å². The smallest absolute Gasteiger partial charge is 0.229 e. The third-order valence-electron chi connectivity index (χ3n) is 1.64. The maximum Gasteiger partial charge on any atom is 0.229 e. The molecule has 1 rings (SSSR count). The molecule has 0 amide bonds. The second kappa shape index (κ2) is 3.34. The summed E-state index contributed by atoms with van der Waals surface area (Å²) in [5.74, 6) is 0.688. The van der Waals surface area contributed by atoms with Crippen molar-refractivity contribution in [2.24, 2.45) is 0 Å². The lowest BCUT2D eigenvalue weighted by Gasteiger charge is -2.15. The molecule has 1 heterocycles. The highest BCUT2D eigenvalue weighted by atomic mass is 15.2. The summed E-state index contributed by atoms with van der Waals surface area (Å²) in [5, 5.41) is 0. The van der Waals surface area contributed by atoms with Gasteiger partial charge in [-0.1, -0.05) is 6.58 Å². The van der Waals surface area contributed by atoms with E-state index in [0.29, 0.717) is 5.95 Å². The number of allylic oxidation sites excluding steroid dienone is 1. The molecule has 0 aliphatic carbocycles. The highest BCUT2D eigenvalue weighted by Crippen LogP contribution is 2.08. The molecule has 0 radical (unpaired) electrons. The number of nitrogens with zero attached hydrogens (tertiary/aromatic N) is 3. The van der Waals surface area contributed by atoms with Crippen molar-refractivity contribution in [3.05, 3.63) is 30.2 Å². The first-order chi connectivity index (χ1) is 5.61. The van der Waals surface area contributed by atoms with Gasteiger partial charge in [0.05, 0.1) is 0 Å². The van der Waals surface area contributed by atoms with Crippen molar-refractivity contribution >= 4 is 5.95 Å². The molecular weight excluding hydrogens is 150 g/mol. The lowest BCUT2D eigenvalue weighted by Crippen LogP contribution is -2.16. The Morgan fingerprint density at radius 1 is 1.42 bits per heavy atom. The molecule has 0 aliphatic heterocycles. The van der Waals surface area contributed by atoms with Gasteiger partial charge in [-0.15, -0.1) is 0 Å². The van der Waals surface area contributed by atoms with Gasteiger partial charge < -0.3 is 4.90 Å². The quantitative estimate of drug-likeness (QED) is 0.665. The van der Waals surface area contributed by atoms with Gasteiger partial charge in [0.15, 0.2) is 0 Å². The predicted molar refractivity (Wildman–Crippen MR) is 50.0 cm³/mol. The standard InChI is InChI=1S/C9H13N3/c1-7(2)12(4)9-10-5-8(3)6-11-9/h5-6H,1H2,2-4H3. The van der Waals surface area contributed by atoms with E-state index in [2.05, 4.69) is 16.5 Å². The zero-order valence-corrected chi connectivity index (χ0v) is 7.70. The summed E-state index contributed by atoms with van der Waals surface area (Å²) >= 11 is 0. The molecule has 0 unspecified atom stereocenters. The fourth-order valence-corrected chi connectivity index (χ4v) is 0.730. The van der Waals surface area contributed by atoms with Crippen molar-refractivity contribution in [3.63, 3.8) is 0 Å². The number of hydrogen-bond donors (Lipinski definition) is 0. The zero-order valence-electron chi connectivity index (χ0n) is 7.70. The Kier molecular flexibility index (Phi) is 2.43. The summed E-state index contributed by atoms with van der Waals surface area (Å²) in [6.45, 7) is 7.68. The Morgan fingerprint density at radius 2 is 1.92 bits per heavy atom. The molecule has 0 N–H and O–H groups in total. The average Bonchev–Trinajstić information content (AvgIpc) is 2.04. The highest BCUT2D eigenvalue weighted by molar-refractivity contribution is 5.35. The minimum absolute atomic E-state index is 0.688. The molecule has 0 aromatic carbocycles. The molecular formula is C9H13N3. The van der Waals surface area contributed by atoms with E-state index in [9.17, 15) is 0 Å². The fraction of sp³-hybridized carbons (Fsp3) is 0.333. The second-order valence-electron chi connectivity index (χ2n) is 2.85. The Morgan fingerprint density at radius 3 is 2.33 bits per heavy atom. The van der Waals surface area contributed by atoms with Gasteiger partial charge in [-0.05, 0) is 19.4 Å². The number of anilines is 1. The lowest BCUT2D eigenvalue weighted by molar-refractivity contribution is 0.979. The first kappa shape index (κ1) is 8.71. The third kappa shape index (κ3) is 1.81. The van der Waals surface area contributed by atoms with Crippen molar-refractivity contribution in [2.75, 3.05) is 11.9 Å². The van der Waals surface area contributed by atoms with Gasteiger partial charge in [-0.3, -0.25) is 0 Å².